The summed E-state index contributed by atoms with van der Waals surface area (Å²) in [7, 11) is 0. The summed E-state index contributed by atoms with van der Waals surface area (Å²) < 4.78 is 1.67. The third kappa shape index (κ3) is 2.37. The predicted molar refractivity (Wildman–Crippen MR) is 72.3 cm³/mol. The van der Waals surface area contributed by atoms with Crippen LogP contribution in [-0.4, -0.2) is 20.6 Å². The second-order valence-corrected chi connectivity index (χ2v) is 4.37. The Balaban J connectivity index is 2.57. The monoisotopic (exact) mass is 266 g/mol. The van der Waals surface area contributed by atoms with E-state index in [9.17, 15) is 5.26 Å². The molecule has 2 aromatic rings. The van der Waals surface area contributed by atoms with Gasteiger partial charge in [0.2, 0.25) is 0 Å². The van der Waals surface area contributed by atoms with Crippen LogP contribution in [-0.2, 0) is 0 Å². The molecule has 0 amide bonds. The predicted octanol–water partition coefficient (Wildman–Crippen LogP) is 1.35. The molecule has 0 fully saturated rings. The first kappa shape index (κ1) is 13.7. The van der Waals surface area contributed by atoms with Crippen LogP contribution in [0.25, 0.3) is 0 Å². The van der Waals surface area contributed by atoms with E-state index >= 15 is 0 Å². The summed E-state index contributed by atoms with van der Waals surface area (Å²) in [6.07, 6.45) is 5.59. The van der Waals surface area contributed by atoms with Gasteiger partial charge < -0.3 is 10.3 Å². The number of hydrogen-bond donors (Lipinski definition) is 1. The molecule has 100 valence electrons. The summed E-state index contributed by atoms with van der Waals surface area (Å²) in [6, 6.07) is 7.23. The highest BCUT2D eigenvalue weighted by atomic mass is 15.1. The van der Waals surface area contributed by atoms with E-state index in [0.717, 1.165) is 12.0 Å². The highest BCUT2D eigenvalue weighted by Crippen LogP contribution is 2.25. The smallest absolute Gasteiger partial charge is 0.176 e. The van der Waals surface area contributed by atoms with E-state index in [1.165, 1.54) is 6.33 Å². The Morgan fingerprint density at radius 1 is 1.30 bits per heavy atom. The van der Waals surface area contributed by atoms with Gasteiger partial charge in [-0.15, -0.1) is 0 Å². The van der Waals surface area contributed by atoms with Gasteiger partial charge in [-0.1, -0.05) is 6.92 Å². The van der Waals surface area contributed by atoms with Gasteiger partial charge in [-0.25, -0.2) is 4.98 Å². The van der Waals surface area contributed by atoms with Crippen molar-refractivity contribution in [1.82, 2.24) is 14.5 Å². The Bertz CT molecular complexity index is 661. The van der Waals surface area contributed by atoms with E-state index in [0.29, 0.717) is 0 Å². The molecule has 0 aliphatic carbocycles. The first-order valence-corrected chi connectivity index (χ1v) is 6.25. The fourth-order valence-electron chi connectivity index (χ4n) is 2.16. The number of nitrogens with two attached hydrogens (primary N) is 1. The summed E-state index contributed by atoms with van der Waals surface area (Å²) in [4.78, 5) is 7.96. The van der Waals surface area contributed by atoms with Crippen LogP contribution in [0.15, 0.2) is 30.9 Å². The molecular weight excluding hydrogens is 252 g/mol. The largest absolute Gasteiger partial charge is 0.326 e. The summed E-state index contributed by atoms with van der Waals surface area (Å²) >= 11 is 0. The SMILES string of the molecule is CCC(N)C(c1ccncc1)n1cnc(C#N)c1C#N. The van der Waals surface area contributed by atoms with Crippen LogP contribution in [0.4, 0.5) is 0 Å². The van der Waals surface area contributed by atoms with Gasteiger partial charge in [0.05, 0.1) is 12.4 Å². The molecule has 0 bridgehead atoms. The molecule has 2 unspecified atom stereocenters. The molecule has 2 rings (SSSR count). The molecule has 0 aliphatic heterocycles. The van der Waals surface area contributed by atoms with Crippen molar-refractivity contribution in [1.29, 1.82) is 10.5 Å². The van der Waals surface area contributed by atoms with Crippen molar-refractivity contribution in [2.45, 2.75) is 25.4 Å². The molecule has 6 heteroatoms. The van der Waals surface area contributed by atoms with Crippen LogP contribution in [0.3, 0.4) is 0 Å². The topological polar surface area (TPSA) is 104 Å². The van der Waals surface area contributed by atoms with Gasteiger partial charge in [0.1, 0.15) is 12.1 Å². The Morgan fingerprint density at radius 3 is 2.55 bits per heavy atom. The van der Waals surface area contributed by atoms with Gasteiger partial charge in [-0.3, -0.25) is 4.98 Å². The second-order valence-electron chi connectivity index (χ2n) is 4.37. The number of nitriles is 2. The van der Waals surface area contributed by atoms with Crippen molar-refractivity contribution in [2.24, 2.45) is 5.73 Å². The highest BCUT2D eigenvalue weighted by molar-refractivity contribution is 5.38. The lowest BCUT2D eigenvalue weighted by Crippen LogP contribution is -2.33. The van der Waals surface area contributed by atoms with Crippen molar-refractivity contribution < 1.29 is 0 Å². The van der Waals surface area contributed by atoms with E-state index in [2.05, 4.69) is 9.97 Å². The molecular formula is C14H14N6. The van der Waals surface area contributed by atoms with E-state index in [1.807, 2.05) is 31.2 Å². The molecule has 0 saturated heterocycles. The van der Waals surface area contributed by atoms with E-state index in [1.54, 1.807) is 17.0 Å². The summed E-state index contributed by atoms with van der Waals surface area (Å²) in [5, 5.41) is 18.2. The van der Waals surface area contributed by atoms with Crippen LogP contribution in [0.5, 0.6) is 0 Å². The molecule has 0 saturated carbocycles. The molecule has 0 spiro atoms. The van der Waals surface area contributed by atoms with Crippen molar-refractivity contribution in [2.75, 3.05) is 0 Å². The Morgan fingerprint density at radius 2 is 2.00 bits per heavy atom. The third-order valence-electron chi connectivity index (χ3n) is 3.23. The van der Waals surface area contributed by atoms with Crippen molar-refractivity contribution in [3.8, 4) is 12.1 Å². The maximum Gasteiger partial charge on any atom is 0.176 e. The van der Waals surface area contributed by atoms with E-state index < -0.39 is 0 Å². The Kier molecular flexibility index (Phi) is 4.09. The lowest BCUT2D eigenvalue weighted by Gasteiger charge is -2.25. The fraction of sp³-hybridized carbons (Fsp3) is 0.286. The molecule has 0 aliphatic rings. The maximum atomic E-state index is 9.25. The van der Waals surface area contributed by atoms with Crippen LogP contribution in [0.2, 0.25) is 0 Å². The average Bonchev–Trinajstić information content (AvgIpc) is 2.91. The second kappa shape index (κ2) is 5.96. The molecule has 2 N–H and O–H groups in total. The van der Waals surface area contributed by atoms with Crippen LogP contribution < -0.4 is 5.73 Å². The molecule has 0 aromatic carbocycles. The number of nitrogens with zero attached hydrogens (tertiary/aromatic N) is 5. The van der Waals surface area contributed by atoms with Gasteiger partial charge in [-0.05, 0) is 24.1 Å². The number of pyridine rings is 1. The van der Waals surface area contributed by atoms with E-state index in [-0.39, 0.29) is 23.5 Å². The fourth-order valence-corrected chi connectivity index (χ4v) is 2.16. The molecule has 2 atom stereocenters. The molecule has 20 heavy (non-hydrogen) atoms. The summed E-state index contributed by atoms with van der Waals surface area (Å²) in [5.41, 5.74) is 7.49. The third-order valence-corrected chi connectivity index (χ3v) is 3.23. The minimum Gasteiger partial charge on any atom is -0.326 e. The van der Waals surface area contributed by atoms with Gasteiger partial charge >= 0.3 is 0 Å². The Labute approximate surface area is 117 Å². The minimum atomic E-state index is -0.243. The summed E-state index contributed by atoms with van der Waals surface area (Å²) in [6.45, 7) is 1.98. The lowest BCUT2D eigenvalue weighted by atomic mass is 9.98. The van der Waals surface area contributed by atoms with Crippen molar-refractivity contribution >= 4 is 0 Å². The van der Waals surface area contributed by atoms with Crippen molar-refractivity contribution in [3.05, 3.63) is 47.8 Å². The molecule has 0 radical (unpaired) electrons. The first-order valence-electron chi connectivity index (χ1n) is 6.25. The van der Waals surface area contributed by atoms with Crippen LogP contribution in [0.1, 0.15) is 36.3 Å². The van der Waals surface area contributed by atoms with Crippen LogP contribution in [0, 0.1) is 22.7 Å². The van der Waals surface area contributed by atoms with E-state index in [4.69, 9.17) is 11.0 Å². The number of hydrogen-bond acceptors (Lipinski definition) is 5. The standard InChI is InChI=1S/C14H14N6/c1-2-11(17)14(10-3-5-18-6-4-10)20-9-19-12(7-15)13(20)8-16/h3-6,9,11,14H,2,17H2,1H3. The molecule has 2 aromatic heterocycles. The van der Waals surface area contributed by atoms with Crippen molar-refractivity contribution in [3.63, 3.8) is 0 Å². The van der Waals surface area contributed by atoms with Gasteiger partial charge in [0.15, 0.2) is 11.4 Å². The zero-order valence-corrected chi connectivity index (χ0v) is 11.1. The zero-order chi connectivity index (χ0) is 14.5. The van der Waals surface area contributed by atoms with Gasteiger partial charge in [0, 0.05) is 18.4 Å². The zero-order valence-electron chi connectivity index (χ0n) is 11.1. The number of rotatable bonds is 4. The summed E-state index contributed by atoms with van der Waals surface area (Å²) in [5.74, 6) is 0. The normalized spacial score (nSPS) is 13.2. The number of imidazole rings is 1. The first-order chi connectivity index (χ1) is 9.72. The van der Waals surface area contributed by atoms with Gasteiger partial charge in [-0.2, -0.15) is 10.5 Å². The average molecular weight is 266 g/mol. The highest BCUT2D eigenvalue weighted by Gasteiger charge is 2.24. The maximum absolute atomic E-state index is 9.25. The van der Waals surface area contributed by atoms with Crippen LogP contribution >= 0.6 is 0 Å². The minimum absolute atomic E-state index is 0.120. The molecule has 6 nitrogen and oxygen atoms in total. The quantitative estimate of drug-likeness (QED) is 0.899. The Hall–Kier alpha value is -2.70. The lowest BCUT2D eigenvalue weighted by molar-refractivity contribution is 0.455. The van der Waals surface area contributed by atoms with Gasteiger partial charge in [0.25, 0.3) is 0 Å². The number of aromatic nitrogens is 3. The molecule has 2 heterocycles.